The predicted octanol–water partition coefficient (Wildman–Crippen LogP) is 2.76. The number of hydrogen-bond acceptors (Lipinski definition) is 4. The number of ether oxygens (including phenoxy) is 1. The Morgan fingerprint density at radius 3 is 2.50 bits per heavy atom. The van der Waals surface area contributed by atoms with Crippen molar-refractivity contribution in [3.8, 4) is 5.75 Å². The molecule has 0 saturated carbocycles. The summed E-state index contributed by atoms with van der Waals surface area (Å²) < 4.78 is 7.19. The zero-order valence-electron chi connectivity index (χ0n) is 14.8. The topological polar surface area (TPSA) is 69.0 Å². The maximum absolute atomic E-state index is 12.2. The minimum atomic E-state index is -0.359. The summed E-state index contributed by atoms with van der Waals surface area (Å²) >= 11 is 0. The van der Waals surface area contributed by atoms with E-state index in [0.29, 0.717) is 0 Å². The molecule has 1 amide bonds. The molecule has 130 valence electrons. The number of aryl methyl sites for hydroxylation is 1. The van der Waals surface area contributed by atoms with E-state index in [1.807, 2.05) is 39.8 Å². The molecule has 0 spiro atoms. The summed E-state index contributed by atoms with van der Waals surface area (Å²) in [5.74, 6) is 0.838. The van der Waals surface area contributed by atoms with Crippen LogP contribution in [0.3, 0.4) is 0 Å². The van der Waals surface area contributed by atoms with Crippen LogP contribution in [0.4, 0.5) is 0 Å². The number of nitrogens with one attached hydrogen (secondary N) is 1. The number of rotatable bonds is 8. The number of amides is 1. The Hall–Kier alpha value is -2.37. The molecule has 0 aliphatic heterocycles. The summed E-state index contributed by atoms with van der Waals surface area (Å²) in [5.41, 5.74) is 1.23. The van der Waals surface area contributed by atoms with Crippen molar-refractivity contribution in [3.63, 3.8) is 0 Å². The Bertz CT molecular complexity index is 623. The number of carbonyl (C=O) groups excluding carboxylic acids is 1. The first-order valence-electron chi connectivity index (χ1n) is 8.35. The minimum Gasteiger partial charge on any atom is -0.491 e. The van der Waals surface area contributed by atoms with Crippen LogP contribution < -0.4 is 10.1 Å². The first kappa shape index (κ1) is 18.0. The van der Waals surface area contributed by atoms with E-state index in [2.05, 4.69) is 27.5 Å². The number of aromatic nitrogens is 3. The van der Waals surface area contributed by atoms with Gasteiger partial charge in [0.15, 0.2) is 0 Å². The van der Waals surface area contributed by atoms with Gasteiger partial charge < -0.3 is 10.1 Å². The summed E-state index contributed by atoms with van der Waals surface area (Å²) in [6.07, 6.45) is 4.94. The quantitative estimate of drug-likeness (QED) is 0.808. The lowest BCUT2D eigenvalue weighted by Gasteiger charge is -2.17. The Kier molecular flexibility index (Phi) is 6.35. The van der Waals surface area contributed by atoms with E-state index in [9.17, 15) is 4.79 Å². The number of carbonyl (C=O) groups is 1. The molecule has 1 aromatic heterocycles. The smallest absolute Gasteiger partial charge is 0.244 e. The molecule has 0 aliphatic rings. The van der Waals surface area contributed by atoms with Gasteiger partial charge in [0.2, 0.25) is 5.91 Å². The second-order valence-electron chi connectivity index (χ2n) is 6.31. The maximum Gasteiger partial charge on any atom is 0.244 e. The van der Waals surface area contributed by atoms with E-state index in [4.69, 9.17) is 4.74 Å². The number of hydrogen-bond donors (Lipinski definition) is 1. The summed E-state index contributed by atoms with van der Waals surface area (Å²) in [5, 5.41) is 7.02. The lowest BCUT2D eigenvalue weighted by atomic mass is 10.1. The normalized spacial score (nSPS) is 13.5. The van der Waals surface area contributed by atoms with E-state index < -0.39 is 0 Å². The first-order chi connectivity index (χ1) is 11.5. The molecule has 2 aromatic rings. The van der Waals surface area contributed by atoms with Gasteiger partial charge in [0.25, 0.3) is 0 Å². The highest BCUT2D eigenvalue weighted by atomic mass is 16.5. The van der Waals surface area contributed by atoms with Crippen molar-refractivity contribution >= 4 is 5.91 Å². The number of nitrogens with zero attached hydrogens (tertiary/aromatic N) is 3. The molecule has 0 fully saturated rings. The highest BCUT2D eigenvalue weighted by Crippen LogP contribution is 2.15. The van der Waals surface area contributed by atoms with Crippen LogP contribution in [-0.4, -0.2) is 32.8 Å². The van der Waals surface area contributed by atoms with Gasteiger partial charge in [0, 0.05) is 6.04 Å². The summed E-state index contributed by atoms with van der Waals surface area (Å²) in [4.78, 5) is 16.1. The van der Waals surface area contributed by atoms with Gasteiger partial charge in [-0.05, 0) is 58.2 Å². The Labute approximate surface area is 143 Å². The van der Waals surface area contributed by atoms with E-state index in [1.165, 1.54) is 11.9 Å². The highest BCUT2D eigenvalue weighted by Gasteiger charge is 2.17. The fourth-order valence-corrected chi connectivity index (χ4v) is 2.36. The first-order valence-corrected chi connectivity index (χ1v) is 8.35. The molecule has 0 unspecified atom stereocenters. The number of benzene rings is 1. The molecule has 0 aliphatic carbocycles. The van der Waals surface area contributed by atoms with Crippen LogP contribution in [0.2, 0.25) is 0 Å². The van der Waals surface area contributed by atoms with Crippen molar-refractivity contribution in [3.05, 3.63) is 42.5 Å². The van der Waals surface area contributed by atoms with Gasteiger partial charge in [-0.3, -0.25) is 4.79 Å². The fraction of sp³-hybridized carbons (Fsp3) is 0.500. The van der Waals surface area contributed by atoms with E-state index >= 15 is 0 Å². The van der Waals surface area contributed by atoms with Crippen molar-refractivity contribution in [2.45, 2.75) is 58.7 Å². The van der Waals surface area contributed by atoms with Gasteiger partial charge >= 0.3 is 0 Å². The molecule has 6 heteroatoms. The van der Waals surface area contributed by atoms with Crippen LogP contribution in [0.1, 0.15) is 45.7 Å². The van der Waals surface area contributed by atoms with Crippen molar-refractivity contribution in [2.24, 2.45) is 0 Å². The molecule has 0 saturated heterocycles. The molecule has 1 aromatic carbocycles. The van der Waals surface area contributed by atoms with Gasteiger partial charge in [-0.25, -0.2) is 9.67 Å². The van der Waals surface area contributed by atoms with Crippen molar-refractivity contribution in [1.82, 2.24) is 20.1 Å². The Morgan fingerprint density at radius 1 is 1.21 bits per heavy atom. The summed E-state index contributed by atoms with van der Waals surface area (Å²) in [6.45, 7) is 7.85. The minimum absolute atomic E-state index is 0.0475. The van der Waals surface area contributed by atoms with Crippen LogP contribution in [0.25, 0.3) is 0 Å². The molecular formula is C18H26N4O2. The average Bonchev–Trinajstić information content (AvgIpc) is 3.07. The standard InChI is InChI=1S/C18H26N4O2/c1-13(2)24-17-9-7-16(8-10-17)6-5-14(3)21-18(23)15(4)22-12-19-11-20-22/h7-15H,5-6H2,1-4H3,(H,21,23)/t14-,15+/m0/s1. The molecule has 1 heterocycles. The SMILES string of the molecule is CC(C)Oc1ccc(CC[C@H](C)NC(=O)[C@@H](C)n2cncn2)cc1. The Balaban J connectivity index is 1.78. The van der Waals surface area contributed by atoms with Crippen LogP contribution >= 0.6 is 0 Å². The van der Waals surface area contributed by atoms with Crippen LogP contribution in [0.15, 0.2) is 36.9 Å². The third-order valence-corrected chi connectivity index (χ3v) is 3.76. The molecule has 2 rings (SSSR count). The highest BCUT2D eigenvalue weighted by molar-refractivity contribution is 5.79. The summed E-state index contributed by atoms with van der Waals surface area (Å²) in [6, 6.07) is 7.86. The van der Waals surface area contributed by atoms with Gasteiger partial charge in [-0.15, -0.1) is 0 Å². The van der Waals surface area contributed by atoms with E-state index in [1.54, 1.807) is 11.0 Å². The lowest BCUT2D eigenvalue weighted by molar-refractivity contribution is -0.124. The Morgan fingerprint density at radius 2 is 1.92 bits per heavy atom. The second-order valence-corrected chi connectivity index (χ2v) is 6.31. The van der Waals surface area contributed by atoms with Gasteiger partial charge in [-0.2, -0.15) is 5.10 Å². The predicted molar refractivity (Wildman–Crippen MR) is 92.9 cm³/mol. The molecule has 24 heavy (non-hydrogen) atoms. The molecule has 0 radical (unpaired) electrons. The van der Waals surface area contributed by atoms with E-state index in [-0.39, 0.29) is 24.1 Å². The van der Waals surface area contributed by atoms with Crippen LogP contribution in [0.5, 0.6) is 5.75 Å². The average molecular weight is 330 g/mol. The maximum atomic E-state index is 12.2. The van der Waals surface area contributed by atoms with Gasteiger partial charge in [0.1, 0.15) is 24.4 Å². The molecule has 1 N–H and O–H groups in total. The summed E-state index contributed by atoms with van der Waals surface area (Å²) in [7, 11) is 0. The third-order valence-electron chi connectivity index (χ3n) is 3.76. The van der Waals surface area contributed by atoms with E-state index in [0.717, 1.165) is 18.6 Å². The van der Waals surface area contributed by atoms with Gasteiger partial charge in [0.05, 0.1) is 6.10 Å². The molecule has 2 atom stereocenters. The van der Waals surface area contributed by atoms with Crippen molar-refractivity contribution in [1.29, 1.82) is 0 Å². The van der Waals surface area contributed by atoms with Gasteiger partial charge in [-0.1, -0.05) is 12.1 Å². The van der Waals surface area contributed by atoms with Crippen molar-refractivity contribution < 1.29 is 9.53 Å². The third kappa shape index (κ3) is 5.37. The largest absolute Gasteiger partial charge is 0.491 e. The molecule has 0 bridgehead atoms. The zero-order chi connectivity index (χ0) is 17.5. The lowest BCUT2D eigenvalue weighted by Crippen LogP contribution is -2.37. The van der Waals surface area contributed by atoms with Crippen molar-refractivity contribution in [2.75, 3.05) is 0 Å². The zero-order valence-corrected chi connectivity index (χ0v) is 14.8. The monoisotopic (exact) mass is 330 g/mol. The molecule has 6 nitrogen and oxygen atoms in total. The van der Waals surface area contributed by atoms with Crippen LogP contribution in [0, 0.1) is 0 Å². The fourth-order valence-electron chi connectivity index (χ4n) is 2.36. The van der Waals surface area contributed by atoms with Crippen LogP contribution in [-0.2, 0) is 11.2 Å². The second kappa shape index (κ2) is 8.47. The molecular weight excluding hydrogens is 304 g/mol.